The first kappa shape index (κ1) is 27.0. The number of rotatable bonds is 7. The van der Waals surface area contributed by atoms with Crippen molar-refractivity contribution in [1.82, 2.24) is 0 Å². The van der Waals surface area contributed by atoms with Crippen molar-refractivity contribution >= 4 is 23.4 Å². The first-order valence-electron chi connectivity index (χ1n) is 13.7. The van der Waals surface area contributed by atoms with Crippen LogP contribution in [0.25, 0.3) is 0 Å². The van der Waals surface area contributed by atoms with Gasteiger partial charge in [-0.2, -0.15) is 0 Å². The predicted molar refractivity (Wildman–Crippen MR) is 165 cm³/mol. The predicted octanol–water partition coefficient (Wildman–Crippen LogP) is 7.65. The Balaban J connectivity index is 1.38. The van der Waals surface area contributed by atoms with E-state index >= 15 is 0 Å². The van der Waals surface area contributed by atoms with E-state index < -0.39 is 22.9 Å². The summed E-state index contributed by atoms with van der Waals surface area (Å²) in [4.78, 5) is 13.7. The van der Waals surface area contributed by atoms with Crippen molar-refractivity contribution in [2.45, 2.75) is 35.4 Å². The molecule has 5 heteroatoms. The van der Waals surface area contributed by atoms with E-state index in [-0.39, 0.29) is 0 Å². The van der Waals surface area contributed by atoms with E-state index in [4.69, 9.17) is 4.74 Å². The van der Waals surface area contributed by atoms with Gasteiger partial charge in [-0.1, -0.05) is 127 Å². The number of benzene rings is 5. The number of amides is 1. The summed E-state index contributed by atoms with van der Waals surface area (Å²) < 4.78 is 7.02. The summed E-state index contributed by atoms with van der Waals surface area (Å²) in [5.74, 6) is -0.401. The minimum absolute atomic E-state index is 0.332. The Morgan fingerprint density at radius 3 is 1.83 bits per heavy atom. The summed E-state index contributed by atoms with van der Waals surface area (Å²) in [7, 11) is 0. The molecular weight excluding hydrogens is 526 g/mol. The maximum absolute atomic E-state index is 12.8. The van der Waals surface area contributed by atoms with Crippen molar-refractivity contribution < 1.29 is 14.6 Å². The van der Waals surface area contributed by atoms with Crippen LogP contribution in [0.4, 0.5) is 5.69 Å². The van der Waals surface area contributed by atoms with E-state index in [0.29, 0.717) is 12.3 Å². The van der Waals surface area contributed by atoms with Crippen molar-refractivity contribution in [1.29, 1.82) is 0 Å². The molecule has 41 heavy (non-hydrogen) atoms. The number of hydrogen-bond donors (Lipinski definition) is 2. The van der Waals surface area contributed by atoms with Crippen LogP contribution in [-0.4, -0.2) is 17.1 Å². The maximum Gasteiger partial charge on any atom is 0.254 e. The van der Waals surface area contributed by atoms with Crippen molar-refractivity contribution in [2.75, 3.05) is 5.32 Å². The number of hydrogen-bond acceptors (Lipinski definition) is 4. The van der Waals surface area contributed by atoms with E-state index in [9.17, 15) is 9.90 Å². The minimum atomic E-state index is -1.17. The molecule has 0 radical (unpaired) electrons. The normalized spacial score (nSPS) is 16.9. The van der Waals surface area contributed by atoms with E-state index in [1.54, 1.807) is 0 Å². The second-order valence-electron chi connectivity index (χ2n) is 10.3. The van der Waals surface area contributed by atoms with Crippen LogP contribution in [0.5, 0.6) is 0 Å². The van der Waals surface area contributed by atoms with Gasteiger partial charge in [-0.05, 0) is 46.9 Å². The summed E-state index contributed by atoms with van der Waals surface area (Å²) in [6, 6.07) is 44.8. The topological polar surface area (TPSA) is 58.6 Å². The number of ether oxygens (including phenoxy) is 1. The third-order valence-electron chi connectivity index (χ3n) is 7.52. The lowest BCUT2D eigenvalue weighted by Crippen LogP contribution is -2.32. The van der Waals surface area contributed by atoms with Crippen LogP contribution in [-0.2, 0) is 21.7 Å². The number of nitrogens with one attached hydrogen (secondary N) is 1. The molecule has 4 nitrogen and oxygen atoms in total. The Morgan fingerprint density at radius 1 is 0.756 bits per heavy atom. The number of aliphatic hydroxyl groups is 1. The van der Waals surface area contributed by atoms with Gasteiger partial charge in [0.05, 0.1) is 17.5 Å². The zero-order chi connectivity index (χ0) is 28.2. The molecule has 2 atom stereocenters. The molecule has 1 heterocycles. The van der Waals surface area contributed by atoms with Gasteiger partial charge in [0.25, 0.3) is 5.91 Å². The Labute approximate surface area is 245 Å². The molecule has 5 aromatic rings. The van der Waals surface area contributed by atoms with Gasteiger partial charge < -0.3 is 15.2 Å². The molecule has 1 aliphatic rings. The van der Waals surface area contributed by atoms with Crippen molar-refractivity contribution in [3.05, 3.63) is 167 Å². The third-order valence-corrected chi connectivity index (χ3v) is 8.89. The largest absolute Gasteiger partial charge is 0.382 e. The molecule has 0 aromatic heterocycles. The Hall–Kier alpha value is -4.16. The number of fused-ring (bicyclic) bond motifs is 1. The van der Waals surface area contributed by atoms with E-state index in [1.165, 1.54) is 11.8 Å². The van der Waals surface area contributed by atoms with Crippen LogP contribution in [0.15, 0.2) is 138 Å². The SMILES string of the molecule is Cc1ccc([C@H]2Sc3cc(COC(c4ccccc4)(c4ccccc4)c4ccccc4)ccc3NC(=O)[C@H]2O)cc1. The number of anilines is 1. The molecule has 0 fully saturated rings. The molecule has 0 saturated carbocycles. The first-order chi connectivity index (χ1) is 20.0. The highest BCUT2D eigenvalue weighted by atomic mass is 32.2. The summed E-state index contributed by atoms with van der Waals surface area (Å²) >= 11 is 1.50. The third kappa shape index (κ3) is 5.44. The second-order valence-corrected chi connectivity index (χ2v) is 11.5. The number of thioether (sulfide) groups is 1. The highest BCUT2D eigenvalue weighted by Crippen LogP contribution is 2.45. The lowest BCUT2D eigenvalue weighted by molar-refractivity contribution is -0.124. The fraction of sp³-hybridized carbons (Fsp3) is 0.139. The number of aryl methyl sites for hydroxylation is 1. The smallest absolute Gasteiger partial charge is 0.254 e. The van der Waals surface area contributed by atoms with Gasteiger partial charge in [-0.3, -0.25) is 4.79 Å². The summed E-state index contributed by atoms with van der Waals surface area (Å²) in [6.07, 6.45) is -1.17. The molecule has 5 aromatic carbocycles. The van der Waals surface area contributed by atoms with Crippen LogP contribution in [0.3, 0.4) is 0 Å². The molecule has 0 saturated heterocycles. The molecular formula is C36H31NO3S. The average Bonchev–Trinajstić information content (AvgIpc) is 3.15. The highest BCUT2D eigenvalue weighted by Gasteiger charge is 2.38. The van der Waals surface area contributed by atoms with E-state index in [0.717, 1.165) is 38.3 Å². The fourth-order valence-corrected chi connectivity index (χ4v) is 6.65. The zero-order valence-corrected chi connectivity index (χ0v) is 23.6. The Bertz CT molecular complexity index is 1530. The summed E-state index contributed by atoms with van der Waals surface area (Å²) in [5, 5.41) is 13.4. The van der Waals surface area contributed by atoms with Gasteiger partial charge in [-0.15, -0.1) is 11.8 Å². The maximum atomic E-state index is 12.8. The van der Waals surface area contributed by atoms with Crippen LogP contribution >= 0.6 is 11.8 Å². The van der Waals surface area contributed by atoms with E-state index in [2.05, 4.69) is 47.8 Å². The fourth-order valence-electron chi connectivity index (χ4n) is 5.37. The van der Waals surface area contributed by atoms with Gasteiger partial charge in [-0.25, -0.2) is 0 Å². The molecule has 0 unspecified atom stereocenters. The lowest BCUT2D eigenvalue weighted by atomic mass is 9.80. The minimum Gasteiger partial charge on any atom is -0.382 e. The van der Waals surface area contributed by atoms with Crippen LogP contribution in [0.1, 0.15) is 38.6 Å². The van der Waals surface area contributed by atoms with Crippen molar-refractivity contribution in [2.24, 2.45) is 0 Å². The monoisotopic (exact) mass is 557 g/mol. The van der Waals surface area contributed by atoms with Gasteiger partial charge in [0.15, 0.2) is 0 Å². The van der Waals surface area contributed by atoms with Crippen molar-refractivity contribution in [3.63, 3.8) is 0 Å². The molecule has 1 amide bonds. The highest BCUT2D eigenvalue weighted by molar-refractivity contribution is 7.99. The summed E-state index contributed by atoms with van der Waals surface area (Å²) in [5.41, 5.74) is 5.98. The number of aliphatic hydroxyl groups excluding tert-OH is 1. The van der Waals surface area contributed by atoms with Gasteiger partial charge in [0, 0.05) is 4.90 Å². The number of carbonyl (C=O) groups is 1. The van der Waals surface area contributed by atoms with Gasteiger partial charge >= 0.3 is 0 Å². The van der Waals surface area contributed by atoms with Crippen LogP contribution in [0, 0.1) is 6.92 Å². The van der Waals surface area contributed by atoms with Crippen LogP contribution < -0.4 is 5.32 Å². The lowest BCUT2D eigenvalue weighted by Gasteiger charge is -2.36. The van der Waals surface area contributed by atoms with Crippen molar-refractivity contribution in [3.8, 4) is 0 Å². The number of carbonyl (C=O) groups excluding carboxylic acids is 1. The quantitative estimate of drug-likeness (QED) is 0.202. The molecule has 0 bridgehead atoms. The molecule has 2 N–H and O–H groups in total. The van der Waals surface area contributed by atoms with Gasteiger partial charge in [0.2, 0.25) is 0 Å². The molecule has 1 aliphatic heterocycles. The molecule has 204 valence electrons. The molecule has 0 aliphatic carbocycles. The standard InChI is InChI=1S/C36H31NO3S/c1-25-17-20-27(21-18-25)34-33(38)35(39)37-31-22-19-26(23-32(31)41-34)24-40-36(28-11-5-2-6-12-28,29-13-7-3-8-14-29)30-15-9-4-10-16-30/h2-23,33-34,38H,24H2,1H3,(H,37,39)/t33-,34+/m0/s1. The van der Waals surface area contributed by atoms with Gasteiger partial charge in [0.1, 0.15) is 11.7 Å². The Morgan fingerprint density at radius 2 is 1.29 bits per heavy atom. The van der Waals surface area contributed by atoms with Crippen LogP contribution in [0.2, 0.25) is 0 Å². The average molecular weight is 558 g/mol. The summed E-state index contributed by atoms with van der Waals surface area (Å²) in [6.45, 7) is 2.35. The first-order valence-corrected chi connectivity index (χ1v) is 14.6. The van der Waals surface area contributed by atoms with E-state index in [1.807, 2.05) is 97.9 Å². The Kier molecular flexibility index (Phi) is 7.75. The molecule has 6 rings (SSSR count). The zero-order valence-electron chi connectivity index (χ0n) is 22.7. The molecule has 0 spiro atoms. The second kappa shape index (κ2) is 11.8.